The first-order valence-corrected chi connectivity index (χ1v) is 11.1. The SMILES string of the molecule is O=C(c1cc2ccc(N3CCN(C4CCCC4)CC3)nc2[nH]1)N1CCC(F)(F)CC1. The molecular formula is C22H29F2N5O. The van der Waals surface area contributed by atoms with Gasteiger partial charge in [-0.25, -0.2) is 13.8 Å². The number of nitrogens with zero attached hydrogens (tertiary/aromatic N) is 4. The summed E-state index contributed by atoms with van der Waals surface area (Å²) in [6.07, 6.45) is 4.84. The third kappa shape index (κ3) is 3.89. The van der Waals surface area contributed by atoms with Crippen molar-refractivity contribution >= 4 is 22.8 Å². The van der Waals surface area contributed by atoms with E-state index in [-0.39, 0.29) is 31.8 Å². The number of H-pyrrole nitrogens is 1. The average molecular weight is 418 g/mol. The molecule has 0 atom stereocenters. The van der Waals surface area contributed by atoms with Crippen LogP contribution in [0.4, 0.5) is 14.6 Å². The Labute approximate surface area is 175 Å². The van der Waals surface area contributed by atoms with Crippen LogP contribution in [0.5, 0.6) is 0 Å². The van der Waals surface area contributed by atoms with Gasteiger partial charge in [0.05, 0.1) is 0 Å². The molecule has 2 aromatic heterocycles. The van der Waals surface area contributed by atoms with Crippen molar-refractivity contribution in [2.45, 2.75) is 50.5 Å². The number of hydrogen-bond acceptors (Lipinski definition) is 4. The monoisotopic (exact) mass is 417 g/mol. The molecule has 3 aliphatic rings. The molecule has 3 fully saturated rings. The van der Waals surface area contributed by atoms with Crippen LogP contribution in [0.15, 0.2) is 18.2 Å². The third-order valence-electron chi connectivity index (χ3n) is 6.96. The molecule has 4 heterocycles. The van der Waals surface area contributed by atoms with Gasteiger partial charge in [0.1, 0.15) is 17.2 Å². The summed E-state index contributed by atoms with van der Waals surface area (Å²) in [5.74, 6) is -1.96. The normalized spacial score (nSPS) is 23.4. The molecule has 1 amide bonds. The number of carbonyl (C=O) groups excluding carboxylic acids is 1. The number of fused-ring (bicyclic) bond motifs is 1. The molecule has 0 unspecified atom stereocenters. The van der Waals surface area contributed by atoms with Crippen molar-refractivity contribution in [1.82, 2.24) is 19.8 Å². The van der Waals surface area contributed by atoms with Gasteiger partial charge in [0.25, 0.3) is 11.8 Å². The maximum atomic E-state index is 13.4. The molecule has 0 bridgehead atoms. The van der Waals surface area contributed by atoms with Crippen molar-refractivity contribution in [1.29, 1.82) is 0 Å². The van der Waals surface area contributed by atoms with E-state index in [4.69, 9.17) is 4.98 Å². The van der Waals surface area contributed by atoms with Crippen molar-refractivity contribution in [3.63, 3.8) is 0 Å². The summed E-state index contributed by atoms with van der Waals surface area (Å²) in [7, 11) is 0. The summed E-state index contributed by atoms with van der Waals surface area (Å²) in [6, 6.07) is 6.53. The van der Waals surface area contributed by atoms with Gasteiger partial charge in [0.2, 0.25) is 0 Å². The van der Waals surface area contributed by atoms with Gasteiger partial charge in [-0.2, -0.15) is 0 Å². The van der Waals surface area contributed by atoms with Gasteiger partial charge in [-0.3, -0.25) is 9.69 Å². The van der Waals surface area contributed by atoms with E-state index in [1.54, 1.807) is 6.07 Å². The Morgan fingerprint density at radius 2 is 1.73 bits per heavy atom. The number of likely N-dealkylation sites (tertiary alicyclic amines) is 1. The van der Waals surface area contributed by atoms with E-state index in [1.165, 1.54) is 30.6 Å². The van der Waals surface area contributed by atoms with E-state index in [0.717, 1.165) is 43.4 Å². The minimum absolute atomic E-state index is 0.0884. The standard InChI is InChI=1S/C22H29F2N5O/c23-22(24)7-9-29(10-8-22)21(30)18-15-16-5-6-19(26-20(16)25-18)28-13-11-27(12-14-28)17-3-1-2-4-17/h5-6,15,17H,1-4,7-14H2,(H,25,26). The van der Waals surface area contributed by atoms with Crippen LogP contribution in [0.1, 0.15) is 49.0 Å². The Morgan fingerprint density at radius 3 is 2.43 bits per heavy atom. The zero-order valence-electron chi connectivity index (χ0n) is 17.2. The van der Waals surface area contributed by atoms with E-state index in [1.807, 2.05) is 12.1 Å². The van der Waals surface area contributed by atoms with Gasteiger partial charge >= 0.3 is 0 Å². The number of nitrogens with one attached hydrogen (secondary N) is 1. The molecule has 8 heteroatoms. The second kappa shape index (κ2) is 7.80. The fraction of sp³-hybridized carbons (Fsp3) is 0.636. The molecule has 1 N–H and O–H groups in total. The van der Waals surface area contributed by atoms with Gasteiger partial charge in [-0.1, -0.05) is 12.8 Å². The Hall–Kier alpha value is -2.22. The Morgan fingerprint density at radius 1 is 1.03 bits per heavy atom. The zero-order valence-corrected chi connectivity index (χ0v) is 17.2. The fourth-order valence-electron chi connectivity index (χ4n) is 5.08. The van der Waals surface area contributed by atoms with Crippen LogP contribution in [0, 0.1) is 0 Å². The lowest BCUT2D eigenvalue weighted by atomic mass is 10.1. The number of carbonyl (C=O) groups is 1. The highest BCUT2D eigenvalue weighted by Crippen LogP contribution is 2.29. The first-order valence-electron chi connectivity index (χ1n) is 11.1. The number of rotatable bonds is 3. The number of aromatic amines is 1. The van der Waals surface area contributed by atoms with Gasteiger partial charge in [-0.05, 0) is 31.0 Å². The number of hydrogen-bond donors (Lipinski definition) is 1. The van der Waals surface area contributed by atoms with Crippen molar-refractivity contribution in [2.24, 2.45) is 0 Å². The lowest BCUT2D eigenvalue weighted by Gasteiger charge is -2.38. The summed E-state index contributed by atoms with van der Waals surface area (Å²) in [4.78, 5) is 27.0. The predicted octanol–water partition coefficient (Wildman–Crippen LogP) is 3.50. The molecular weight excluding hydrogens is 388 g/mol. The number of anilines is 1. The Bertz CT molecular complexity index is 905. The van der Waals surface area contributed by atoms with E-state index in [0.29, 0.717) is 11.3 Å². The molecule has 1 aliphatic carbocycles. The molecule has 0 aromatic carbocycles. The molecule has 1 saturated carbocycles. The third-order valence-corrected chi connectivity index (χ3v) is 6.96. The lowest BCUT2D eigenvalue weighted by Crippen LogP contribution is -2.49. The van der Waals surface area contributed by atoms with Crippen LogP contribution < -0.4 is 4.90 Å². The van der Waals surface area contributed by atoms with Crippen LogP contribution >= 0.6 is 0 Å². The van der Waals surface area contributed by atoms with Crippen LogP contribution in [0.3, 0.4) is 0 Å². The molecule has 0 radical (unpaired) electrons. The Balaban J connectivity index is 1.26. The van der Waals surface area contributed by atoms with Gasteiger partial charge in [0, 0.05) is 63.5 Å². The number of piperazine rings is 1. The molecule has 0 spiro atoms. The highest BCUT2D eigenvalue weighted by molar-refractivity contribution is 5.97. The molecule has 2 aliphatic heterocycles. The number of piperidine rings is 1. The summed E-state index contributed by atoms with van der Waals surface area (Å²) in [5.41, 5.74) is 1.10. The lowest BCUT2D eigenvalue weighted by molar-refractivity contribution is -0.0495. The average Bonchev–Trinajstić information content (AvgIpc) is 3.43. The van der Waals surface area contributed by atoms with Crippen molar-refractivity contribution < 1.29 is 13.6 Å². The maximum absolute atomic E-state index is 13.4. The summed E-state index contributed by atoms with van der Waals surface area (Å²) < 4.78 is 26.8. The number of pyridine rings is 1. The molecule has 2 aromatic rings. The van der Waals surface area contributed by atoms with Crippen LogP contribution in [-0.4, -0.2) is 76.9 Å². The first kappa shape index (κ1) is 19.7. The molecule has 2 saturated heterocycles. The summed E-state index contributed by atoms with van der Waals surface area (Å²) in [5, 5.41) is 0.869. The minimum Gasteiger partial charge on any atom is -0.354 e. The van der Waals surface area contributed by atoms with E-state index in [2.05, 4.69) is 14.8 Å². The highest BCUT2D eigenvalue weighted by atomic mass is 19.3. The van der Waals surface area contributed by atoms with Gasteiger partial charge in [0.15, 0.2) is 0 Å². The zero-order chi connectivity index (χ0) is 20.7. The fourth-order valence-corrected chi connectivity index (χ4v) is 5.08. The predicted molar refractivity (Wildman–Crippen MR) is 112 cm³/mol. The number of amides is 1. The van der Waals surface area contributed by atoms with Crippen molar-refractivity contribution in [3.8, 4) is 0 Å². The van der Waals surface area contributed by atoms with E-state index in [9.17, 15) is 13.6 Å². The van der Waals surface area contributed by atoms with Crippen molar-refractivity contribution in [3.05, 3.63) is 23.9 Å². The molecule has 162 valence electrons. The second-order valence-corrected chi connectivity index (χ2v) is 8.90. The number of halogens is 2. The second-order valence-electron chi connectivity index (χ2n) is 8.90. The molecule has 6 nitrogen and oxygen atoms in total. The van der Waals surface area contributed by atoms with Crippen LogP contribution in [-0.2, 0) is 0 Å². The van der Waals surface area contributed by atoms with Crippen molar-refractivity contribution in [2.75, 3.05) is 44.2 Å². The topological polar surface area (TPSA) is 55.5 Å². The molecule has 5 rings (SSSR count). The maximum Gasteiger partial charge on any atom is 0.270 e. The number of aromatic nitrogens is 2. The summed E-state index contributed by atoms with van der Waals surface area (Å²) in [6.45, 7) is 4.24. The first-order chi connectivity index (χ1) is 14.5. The largest absolute Gasteiger partial charge is 0.354 e. The van der Waals surface area contributed by atoms with E-state index >= 15 is 0 Å². The van der Waals surface area contributed by atoms with Gasteiger partial charge < -0.3 is 14.8 Å². The summed E-state index contributed by atoms with van der Waals surface area (Å²) >= 11 is 0. The quantitative estimate of drug-likeness (QED) is 0.831. The van der Waals surface area contributed by atoms with Gasteiger partial charge in [-0.15, -0.1) is 0 Å². The highest BCUT2D eigenvalue weighted by Gasteiger charge is 2.36. The minimum atomic E-state index is -2.66. The molecule has 30 heavy (non-hydrogen) atoms. The Kier molecular flexibility index (Phi) is 5.13. The van der Waals surface area contributed by atoms with E-state index < -0.39 is 5.92 Å². The van der Waals surface area contributed by atoms with Crippen LogP contribution in [0.2, 0.25) is 0 Å². The number of alkyl halides is 2. The van der Waals surface area contributed by atoms with Crippen LogP contribution in [0.25, 0.3) is 11.0 Å². The smallest absolute Gasteiger partial charge is 0.270 e.